The highest BCUT2D eigenvalue weighted by Gasteiger charge is 2.22. The summed E-state index contributed by atoms with van der Waals surface area (Å²) in [5.41, 5.74) is 3.99. The average molecular weight is 243 g/mol. The molecule has 0 bridgehead atoms. The van der Waals surface area contributed by atoms with E-state index in [0.29, 0.717) is 6.04 Å². The standard InChI is InChI=1S/C15H17NO2/c1-17-13-4-2-12-3-5-15(14(12)8-13)16-9-11-6-7-18-10-11/h2,4,6-8,10,15-16H,3,5,9H2,1H3. The van der Waals surface area contributed by atoms with Crippen molar-refractivity contribution < 1.29 is 9.15 Å². The molecule has 94 valence electrons. The highest BCUT2D eigenvalue weighted by molar-refractivity contribution is 5.40. The monoisotopic (exact) mass is 243 g/mol. The highest BCUT2D eigenvalue weighted by Crippen LogP contribution is 2.33. The van der Waals surface area contributed by atoms with E-state index in [1.807, 2.05) is 12.1 Å². The van der Waals surface area contributed by atoms with Gasteiger partial charge in [-0.15, -0.1) is 0 Å². The number of benzene rings is 1. The number of hydrogen-bond donors (Lipinski definition) is 1. The summed E-state index contributed by atoms with van der Waals surface area (Å²) in [5, 5.41) is 3.58. The summed E-state index contributed by atoms with van der Waals surface area (Å²) < 4.78 is 10.4. The van der Waals surface area contributed by atoms with Gasteiger partial charge in [-0.2, -0.15) is 0 Å². The van der Waals surface area contributed by atoms with Crippen LogP contribution < -0.4 is 10.1 Å². The van der Waals surface area contributed by atoms with Crippen molar-refractivity contribution in [1.29, 1.82) is 0 Å². The summed E-state index contributed by atoms with van der Waals surface area (Å²) in [6.45, 7) is 0.845. The molecule has 1 aliphatic carbocycles. The summed E-state index contributed by atoms with van der Waals surface area (Å²) >= 11 is 0. The minimum Gasteiger partial charge on any atom is -0.497 e. The zero-order valence-electron chi connectivity index (χ0n) is 10.5. The topological polar surface area (TPSA) is 34.4 Å². The van der Waals surface area contributed by atoms with E-state index in [1.54, 1.807) is 19.6 Å². The van der Waals surface area contributed by atoms with Crippen LogP contribution in [-0.2, 0) is 13.0 Å². The lowest BCUT2D eigenvalue weighted by Crippen LogP contribution is -2.18. The van der Waals surface area contributed by atoms with E-state index in [-0.39, 0.29) is 0 Å². The van der Waals surface area contributed by atoms with Crippen LogP contribution in [0.15, 0.2) is 41.2 Å². The van der Waals surface area contributed by atoms with Crippen molar-refractivity contribution in [2.24, 2.45) is 0 Å². The van der Waals surface area contributed by atoms with Crippen LogP contribution in [0.5, 0.6) is 5.75 Å². The van der Waals surface area contributed by atoms with E-state index in [4.69, 9.17) is 9.15 Å². The molecule has 0 saturated carbocycles. The molecule has 2 aromatic rings. The fraction of sp³-hybridized carbons (Fsp3) is 0.333. The van der Waals surface area contributed by atoms with E-state index < -0.39 is 0 Å². The number of fused-ring (bicyclic) bond motifs is 1. The maximum atomic E-state index is 5.30. The minimum atomic E-state index is 0.421. The van der Waals surface area contributed by atoms with Gasteiger partial charge in [-0.1, -0.05) is 6.07 Å². The molecule has 1 aliphatic rings. The zero-order chi connectivity index (χ0) is 12.4. The molecule has 1 heterocycles. The van der Waals surface area contributed by atoms with E-state index >= 15 is 0 Å². The predicted molar refractivity (Wildman–Crippen MR) is 69.6 cm³/mol. The first-order chi connectivity index (χ1) is 8.86. The predicted octanol–water partition coefficient (Wildman–Crippen LogP) is 3.07. The zero-order valence-corrected chi connectivity index (χ0v) is 10.5. The van der Waals surface area contributed by atoms with Crippen LogP contribution in [0.25, 0.3) is 0 Å². The normalized spacial score (nSPS) is 17.7. The number of furan rings is 1. The van der Waals surface area contributed by atoms with Gasteiger partial charge in [-0.3, -0.25) is 0 Å². The maximum Gasteiger partial charge on any atom is 0.119 e. The SMILES string of the molecule is COc1ccc2c(c1)C(NCc1ccoc1)CC2. The minimum absolute atomic E-state index is 0.421. The summed E-state index contributed by atoms with van der Waals surface area (Å²) in [6, 6.07) is 8.78. The van der Waals surface area contributed by atoms with Crippen molar-refractivity contribution in [2.75, 3.05) is 7.11 Å². The third kappa shape index (κ3) is 2.14. The highest BCUT2D eigenvalue weighted by atomic mass is 16.5. The molecule has 1 unspecified atom stereocenters. The molecule has 0 fully saturated rings. The molecule has 1 N–H and O–H groups in total. The first-order valence-electron chi connectivity index (χ1n) is 6.28. The molecule has 18 heavy (non-hydrogen) atoms. The van der Waals surface area contributed by atoms with Gasteiger partial charge in [0.25, 0.3) is 0 Å². The number of rotatable bonds is 4. The van der Waals surface area contributed by atoms with Gasteiger partial charge in [0, 0.05) is 18.2 Å². The van der Waals surface area contributed by atoms with Crippen LogP contribution in [0.2, 0.25) is 0 Å². The largest absolute Gasteiger partial charge is 0.497 e. The number of ether oxygens (including phenoxy) is 1. The lowest BCUT2D eigenvalue weighted by Gasteiger charge is -2.14. The Labute approximate surface area is 107 Å². The van der Waals surface area contributed by atoms with Crippen LogP contribution in [0.4, 0.5) is 0 Å². The molecule has 0 aliphatic heterocycles. The van der Waals surface area contributed by atoms with Crippen molar-refractivity contribution in [1.82, 2.24) is 5.32 Å². The second kappa shape index (κ2) is 4.86. The Morgan fingerprint density at radius 1 is 1.39 bits per heavy atom. The van der Waals surface area contributed by atoms with E-state index in [2.05, 4.69) is 17.4 Å². The summed E-state index contributed by atoms with van der Waals surface area (Å²) in [4.78, 5) is 0. The average Bonchev–Trinajstić information content (AvgIpc) is 3.05. The molecule has 0 saturated heterocycles. The Balaban J connectivity index is 1.73. The molecule has 0 amide bonds. The van der Waals surface area contributed by atoms with Crippen molar-refractivity contribution in [3.63, 3.8) is 0 Å². The molecule has 0 radical (unpaired) electrons. The first kappa shape index (κ1) is 11.4. The summed E-state index contributed by atoms with van der Waals surface area (Å²) in [7, 11) is 1.71. The Morgan fingerprint density at radius 2 is 2.33 bits per heavy atom. The van der Waals surface area contributed by atoms with Crippen LogP contribution in [0, 0.1) is 0 Å². The molecular weight excluding hydrogens is 226 g/mol. The van der Waals surface area contributed by atoms with Crippen LogP contribution >= 0.6 is 0 Å². The van der Waals surface area contributed by atoms with E-state index in [1.165, 1.54) is 16.7 Å². The fourth-order valence-corrected chi connectivity index (χ4v) is 2.55. The maximum absolute atomic E-state index is 5.30. The van der Waals surface area contributed by atoms with E-state index in [0.717, 1.165) is 25.1 Å². The second-order valence-electron chi connectivity index (χ2n) is 4.67. The molecule has 3 rings (SSSR count). The molecule has 1 aromatic carbocycles. The van der Waals surface area contributed by atoms with Crippen molar-refractivity contribution in [3.05, 3.63) is 53.5 Å². The molecule has 3 heteroatoms. The van der Waals surface area contributed by atoms with Gasteiger partial charge in [0.15, 0.2) is 0 Å². The molecule has 1 atom stereocenters. The number of hydrogen-bond acceptors (Lipinski definition) is 3. The fourth-order valence-electron chi connectivity index (χ4n) is 2.55. The Kier molecular flexibility index (Phi) is 3.07. The van der Waals surface area contributed by atoms with Gasteiger partial charge in [0.2, 0.25) is 0 Å². The molecular formula is C15H17NO2. The second-order valence-corrected chi connectivity index (χ2v) is 4.67. The quantitative estimate of drug-likeness (QED) is 0.896. The lowest BCUT2D eigenvalue weighted by molar-refractivity contribution is 0.413. The van der Waals surface area contributed by atoms with Gasteiger partial charge >= 0.3 is 0 Å². The van der Waals surface area contributed by atoms with Gasteiger partial charge in [-0.25, -0.2) is 0 Å². The Hall–Kier alpha value is -1.74. The van der Waals surface area contributed by atoms with Crippen LogP contribution in [0.1, 0.15) is 29.2 Å². The Morgan fingerprint density at radius 3 is 3.11 bits per heavy atom. The molecule has 3 nitrogen and oxygen atoms in total. The van der Waals surface area contributed by atoms with Crippen molar-refractivity contribution in [2.45, 2.75) is 25.4 Å². The molecule has 0 spiro atoms. The molecule has 1 aromatic heterocycles. The van der Waals surface area contributed by atoms with Gasteiger partial charge in [0.05, 0.1) is 19.6 Å². The van der Waals surface area contributed by atoms with Gasteiger partial charge in [0.1, 0.15) is 5.75 Å². The smallest absolute Gasteiger partial charge is 0.119 e. The number of nitrogens with one attached hydrogen (secondary N) is 1. The van der Waals surface area contributed by atoms with Crippen molar-refractivity contribution >= 4 is 0 Å². The van der Waals surface area contributed by atoms with Crippen LogP contribution in [0.3, 0.4) is 0 Å². The lowest BCUT2D eigenvalue weighted by atomic mass is 10.1. The summed E-state index contributed by atoms with van der Waals surface area (Å²) in [5.74, 6) is 0.936. The third-order valence-electron chi connectivity index (χ3n) is 3.56. The first-order valence-corrected chi connectivity index (χ1v) is 6.28. The van der Waals surface area contributed by atoms with Crippen molar-refractivity contribution in [3.8, 4) is 5.75 Å². The van der Waals surface area contributed by atoms with Gasteiger partial charge in [-0.05, 0) is 42.2 Å². The Bertz CT molecular complexity index is 519. The third-order valence-corrected chi connectivity index (χ3v) is 3.56. The van der Waals surface area contributed by atoms with Crippen LogP contribution in [-0.4, -0.2) is 7.11 Å². The number of aryl methyl sites for hydroxylation is 1. The van der Waals surface area contributed by atoms with E-state index in [9.17, 15) is 0 Å². The van der Waals surface area contributed by atoms with Gasteiger partial charge < -0.3 is 14.5 Å². The number of methoxy groups -OCH3 is 1. The summed E-state index contributed by atoms with van der Waals surface area (Å²) in [6.07, 6.45) is 5.79.